The third-order valence-electron chi connectivity index (χ3n) is 5.28. The van der Waals surface area contributed by atoms with Gasteiger partial charge in [0.2, 0.25) is 5.91 Å². The first-order valence-corrected chi connectivity index (χ1v) is 8.69. The van der Waals surface area contributed by atoms with Crippen LogP contribution in [-0.4, -0.2) is 57.9 Å². The maximum absolute atomic E-state index is 14.0. The van der Waals surface area contributed by atoms with E-state index in [1.54, 1.807) is 7.05 Å². The first-order valence-electron chi connectivity index (χ1n) is 8.69. The molecular formula is C18H20FN3O5. The number of carboxylic acids is 1. The highest BCUT2D eigenvalue weighted by Crippen LogP contribution is 2.39. The number of nitrogens with one attached hydrogen (secondary N) is 1. The molecule has 9 heteroatoms. The van der Waals surface area contributed by atoms with Crippen LogP contribution in [0.25, 0.3) is 0 Å². The van der Waals surface area contributed by atoms with E-state index in [1.807, 2.05) is 0 Å². The summed E-state index contributed by atoms with van der Waals surface area (Å²) in [6.45, 7) is -0.524. The van der Waals surface area contributed by atoms with Crippen molar-refractivity contribution in [2.24, 2.45) is 0 Å². The molecule has 8 nitrogen and oxygen atoms in total. The second-order valence-corrected chi connectivity index (χ2v) is 6.87. The molecule has 2 aliphatic rings. The minimum absolute atomic E-state index is 0.218. The van der Waals surface area contributed by atoms with E-state index in [2.05, 4.69) is 5.32 Å². The van der Waals surface area contributed by atoms with E-state index in [1.165, 1.54) is 4.90 Å². The van der Waals surface area contributed by atoms with E-state index in [0.29, 0.717) is 12.8 Å². The summed E-state index contributed by atoms with van der Waals surface area (Å²) in [5.41, 5.74) is -1.36. The van der Waals surface area contributed by atoms with E-state index in [4.69, 9.17) is 5.11 Å². The molecule has 1 saturated carbocycles. The molecule has 27 heavy (non-hydrogen) atoms. The molecule has 1 saturated heterocycles. The summed E-state index contributed by atoms with van der Waals surface area (Å²) in [7, 11) is 1.56. The number of urea groups is 1. The summed E-state index contributed by atoms with van der Waals surface area (Å²) in [6, 6.07) is 2.52. The summed E-state index contributed by atoms with van der Waals surface area (Å²) in [5.74, 6) is -3.34. The van der Waals surface area contributed by atoms with E-state index in [-0.39, 0.29) is 11.3 Å². The standard InChI is InChI=1S/C18H20FN3O5/c1-21-17(27)22(16(26)18(21)7-3-2-4-8-18)10-14(23)20-13-6-5-11(15(24)25)9-12(13)19/h5-6,9H,2-4,7-8,10H2,1H3,(H,20,23)(H,24,25). The number of likely N-dealkylation sites (N-methyl/N-ethyl adjacent to an activating group) is 1. The third kappa shape index (κ3) is 3.24. The number of imide groups is 1. The highest BCUT2D eigenvalue weighted by Gasteiger charge is 2.55. The number of carbonyl (C=O) groups is 4. The SMILES string of the molecule is CN1C(=O)N(CC(=O)Nc2ccc(C(=O)O)cc2F)C(=O)C12CCCCC2. The van der Waals surface area contributed by atoms with E-state index >= 15 is 0 Å². The van der Waals surface area contributed by atoms with Gasteiger partial charge in [0.25, 0.3) is 5.91 Å². The number of rotatable bonds is 4. The highest BCUT2D eigenvalue weighted by atomic mass is 19.1. The lowest BCUT2D eigenvalue weighted by atomic mass is 9.81. The van der Waals surface area contributed by atoms with Gasteiger partial charge in [-0.3, -0.25) is 14.5 Å². The van der Waals surface area contributed by atoms with Crippen LogP contribution < -0.4 is 5.32 Å². The van der Waals surface area contributed by atoms with Gasteiger partial charge in [0.1, 0.15) is 17.9 Å². The molecule has 4 amide bonds. The summed E-state index contributed by atoms with van der Waals surface area (Å²) < 4.78 is 14.0. The first kappa shape index (κ1) is 18.8. The van der Waals surface area contributed by atoms with Crippen molar-refractivity contribution in [3.63, 3.8) is 0 Å². The van der Waals surface area contributed by atoms with Gasteiger partial charge in [-0.05, 0) is 31.0 Å². The Morgan fingerprint density at radius 2 is 1.89 bits per heavy atom. The van der Waals surface area contributed by atoms with Gasteiger partial charge in [-0.2, -0.15) is 0 Å². The summed E-state index contributed by atoms with van der Waals surface area (Å²) in [6.07, 6.45) is 3.81. The van der Waals surface area contributed by atoms with Gasteiger partial charge in [-0.25, -0.2) is 14.0 Å². The van der Waals surface area contributed by atoms with E-state index < -0.39 is 41.7 Å². The molecule has 1 aromatic rings. The summed E-state index contributed by atoms with van der Waals surface area (Å²) in [4.78, 5) is 50.7. The number of benzene rings is 1. The van der Waals surface area contributed by atoms with Crippen LogP contribution in [-0.2, 0) is 9.59 Å². The Hall–Kier alpha value is -2.97. The van der Waals surface area contributed by atoms with Gasteiger partial charge in [0.15, 0.2) is 0 Å². The van der Waals surface area contributed by atoms with Gasteiger partial charge in [0, 0.05) is 7.05 Å². The lowest BCUT2D eigenvalue weighted by molar-refractivity contribution is -0.136. The monoisotopic (exact) mass is 377 g/mol. The van der Waals surface area contributed by atoms with E-state index in [0.717, 1.165) is 42.4 Å². The second kappa shape index (κ2) is 6.98. The minimum atomic E-state index is -1.29. The van der Waals surface area contributed by atoms with Crippen molar-refractivity contribution >= 4 is 29.5 Å². The Bertz CT molecular complexity index is 819. The van der Waals surface area contributed by atoms with Crippen molar-refractivity contribution in [2.45, 2.75) is 37.6 Å². The zero-order chi connectivity index (χ0) is 19.8. The van der Waals surface area contributed by atoms with Crippen LogP contribution in [0.3, 0.4) is 0 Å². The molecular weight excluding hydrogens is 357 g/mol. The number of nitrogens with zero attached hydrogens (tertiary/aromatic N) is 2. The third-order valence-corrected chi connectivity index (χ3v) is 5.28. The second-order valence-electron chi connectivity index (χ2n) is 6.87. The molecule has 0 unspecified atom stereocenters. The van der Waals surface area contributed by atoms with Crippen molar-refractivity contribution in [1.82, 2.24) is 9.80 Å². The average Bonchev–Trinajstić information content (AvgIpc) is 2.80. The normalized spacial score (nSPS) is 18.9. The highest BCUT2D eigenvalue weighted by molar-refractivity contribution is 6.10. The molecule has 3 rings (SSSR count). The van der Waals surface area contributed by atoms with Gasteiger partial charge >= 0.3 is 12.0 Å². The smallest absolute Gasteiger partial charge is 0.335 e. The summed E-state index contributed by atoms with van der Waals surface area (Å²) >= 11 is 0. The fraction of sp³-hybridized carbons (Fsp3) is 0.444. The molecule has 0 atom stereocenters. The Morgan fingerprint density at radius 3 is 2.48 bits per heavy atom. The van der Waals surface area contributed by atoms with Crippen molar-refractivity contribution in [2.75, 3.05) is 18.9 Å². The maximum atomic E-state index is 14.0. The fourth-order valence-corrected chi connectivity index (χ4v) is 3.75. The number of aromatic carboxylic acids is 1. The number of carboxylic acid groups (broad SMARTS) is 1. The number of halogens is 1. The zero-order valence-corrected chi connectivity index (χ0v) is 14.8. The first-order chi connectivity index (χ1) is 12.8. The molecule has 0 radical (unpaired) electrons. The van der Waals surface area contributed by atoms with Crippen LogP contribution >= 0.6 is 0 Å². The lowest BCUT2D eigenvalue weighted by Crippen LogP contribution is -2.49. The zero-order valence-electron chi connectivity index (χ0n) is 14.8. The molecule has 0 aromatic heterocycles. The Kier molecular flexibility index (Phi) is 4.86. The quantitative estimate of drug-likeness (QED) is 0.781. The molecule has 2 fully saturated rings. The largest absolute Gasteiger partial charge is 0.478 e. The van der Waals surface area contributed by atoms with Crippen molar-refractivity contribution in [3.05, 3.63) is 29.6 Å². The maximum Gasteiger partial charge on any atom is 0.335 e. The van der Waals surface area contributed by atoms with Crippen LogP contribution in [0.2, 0.25) is 0 Å². The Labute approximate surface area is 154 Å². The van der Waals surface area contributed by atoms with Gasteiger partial charge < -0.3 is 15.3 Å². The van der Waals surface area contributed by atoms with Crippen molar-refractivity contribution in [1.29, 1.82) is 0 Å². The average molecular weight is 377 g/mol. The summed E-state index contributed by atoms with van der Waals surface area (Å²) in [5, 5.41) is 11.1. The van der Waals surface area contributed by atoms with Crippen LogP contribution in [0.5, 0.6) is 0 Å². The Balaban J connectivity index is 1.72. The number of hydrogen-bond acceptors (Lipinski definition) is 4. The molecule has 1 heterocycles. The van der Waals surface area contributed by atoms with Crippen LogP contribution in [0.15, 0.2) is 18.2 Å². The van der Waals surface area contributed by atoms with Crippen molar-refractivity contribution < 1.29 is 28.7 Å². The van der Waals surface area contributed by atoms with E-state index in [9.17, 15) is 23.6 Å². The molecule has 1 aromatic carbocycles. The molecule has 1 aliphatic heterocycles. The number of hydrogen-bond donors (Lipinski definition) is 2. The molecule has 144 valence electrons. The lowest BCUT2D eigenvalue weighted by Gasteiger charge is -2.35. The van der Waals surface area contributed by atoms with Crippen molar-refractivity contribution in [3.8, 4) is 0 Å². The minimum Gasteiger partial charge on any atom is -0.478 e. The van der Waals surface area contributed by atoms with Gasteiger partial charge in [0.05, 0.1) is 11.3 Å². The number of anilines is 1. The van der Waals surface area contributed by atoms with Gasteiger partial charge in [-0.1, -0.05) is 19.3 Å². The molecule has 1 aliphatic carbocycles. The predicted molar refractivity (Wildman–Crippen MR) is 92.7 cm³/mol. The topological polar surface area (TPSA) is 107 Å². The number of carbonyl (C=O) groups excluding carboxylic acids is 3. The Morgan fingerprint density at radius 1 is 1.22 bits per heavy atom. The molecule has 1 spiro atoms. The molecule has 0 bridgehead atoms. The number of amides is 4. The predicted octanol–water partition coefficient (Wildman–Crippen LogP) is 2.06. The van der Waals surface area contributed by atoms with Crippen LogP contribution in [0, 0.1) is 5.82 Å². The van der Waals surface area contributed by atoms with Gasteiger partial charge in [-0.15, -0.1) is 0 Å². The fourth-order valence-electron chi connectivity index (χ4n) is 3.75. The molecule has 2 N–H and O–H groups in total. The van der Waals surface area contributed by atoms with Crippen LogP contribution in [0.4, 0.5) is 14.9 Å². The van der Waals surface area contributed by atoms with Crippen LogP contribution in [0.1, 0.15) is 42.5 Å².